The number of nitrogens with one attached hydrogen (secondary N) is 1. The molecule has 6 atom stereocenters. The highest BCUT2D eigenvalue weighted by atomic mass is 16.6. The molecule has 3 N–H and O–H groups in total. The van der Waals surface area contributed by atoms with Crippen molar-refractivity contribution in [1.82, 2.24) is 5.32 Å². The molecule has 222 valence electrons. The van der Waals surface area contributed by atoms with Gasteiger partial charge in [0.05, 0.1) is 24.5 Å². The molecule has 2 aromatic rings. The first kappa shape index (κ1) is 28.2. The Balaban J connectivity index is 1.28. The summed E-state index contributed by atoms with van der Waals surface area (Å²) in [5.41, 5.74) is 0.632. The van der Waals surface area contributed by atoms with E-state index in [0.29, 0.717) is 29.9 Å². The molecule has 6 rings (SSSR count). The van der Waals surface area contributed by atoms with Crippen LogP contribution in [0.15, 0.2) is 54.3 Å². The molecule has 42 heavy (non-hydrogen) atoms. The van der Waals surface area contributed by atoms with Gasteiger partial charge >= 0.3 is 11.9 Å². The second-order valence-corrected chi connectivity index (χ2v) is 11.5. The number of carbonyl (C=O) groups is 3. The molecular weight excluding hydrogens is 542 g/mol. The second kappa shape index (κ2) is 10.7. The van der Waals surface area contributed by atoms with Gasteiger partial charge in [0.1, 0.15) is 11.9 Å². The number of hydrogen-bond donors (Lipinski definition) is 3. The van der Waals surface area contributed by atoms with E-state index >= 15 is 0 Å². The van der Waals surface area contributed by atoms with Gasteiger partial charge in [-0.2, -0.15) is 0 Å². The van der Waals surface area contributed by atoms with E-state index in [9.17, 15) is 24.6 Å². The fourth-order valence-corrected chi connectivity index (χ4v) is 7.36. The van der Waals surface area contributed by atoms with E-state index in [2.05, 4.69) is 5.32 Å². The third-order valence-corrected chi connectivity index (χ3v) is 9.26. The van der Waals surface area contributed by atoms with Gasteiger partial charge < -0.3 is 34.5 Å². The molecule has 0 unspecified atom stereocenters. The van der Waals surface area contributed by atoms with Crippen LogP contribution in [0.1, 0.15) is 61.8 Å². The summed E-state index contributed by atoms with van der Waals surface area (Å²) in [5, 5.41) is 24.0. The lowest BCUT2D eigenvalue weighted by Gasteiger charge is -2.59. The highest BCUT2D eigenvalue weighted by Gasteiger charge is 2.71. The van der Waals surface area contributed by atoms with Gasteiger partial charge in [0.2, 0.25) is 12.0 Å². The third-order valence-electron chi connectivity index (χ3n) is 9.26. The molecule has 1 amide bonds. The number of carbonyl (C=O) groups excluding carboxylic acids is 3. The predicted molar refractivity (Wildman–Crippen MR) is 148 cm³/mol. The molecule has 1 aliphatic heterocycles. The second-order valence-electron chi connectivity index (χ2n) is 11.5. The zero-order chi connectivity index (χ0) is 29.6. The fraction of sp³-hybridized carbons (Fsp3) is 0.469. The van der Waals surface area contributed by atoms with Crippen LogP contribution in [0.5, 0.6) is 11.5 Å². The minimum Gasteiger partial charge on any atom is -0.493 e. The highest BCUT2D eigenvalue weighted by molar-refractivity contribution is 5.83. The lowest BCUT2D eigenvalue weighted by molar-refractivity contribution is -0.172. The molecule has 4 aliphatic rings. The number of rotatable bonds is 9. The Labute approximate surface area is 243 Å². The van der Waals surface area contributed by atoms with Crippen molar-refractivity contribution in [2.45, 2.75) is 74.8 Å². The number of aliphatic hydroxyl groups excluding tert-OH is 1. The smallest absolute Gasteiger partial charge is 0.357 e. The molecule has 1 spiro atoms. The normalized spacial score (nSPS) is 27.9. The van der Waals surface area contributed by atoms with Gasteiger partial charge in [0, 0.05) is 17.7 Å². The first-order valence-electron chi connectivity index (χ1n) is 14.4. The van der Waals surface area contributed by atoms with Gasteiger partial charge in [-0.3, -0.25) is 9.59 Å². The van der Waals surface area contributed by atoms with Crippen LogP contribution in [-0.2, 0) is 35.7 Å². The summed E-state index contributed by atoms with van der Waals surface area (Å²) in [7, 11) is 1.57. The molecule has 2 aromatic carbocycles. The monoisotopic (exact) mass is 577 g/mol. The number of amides is 1. The summed E-state index contributed by atoms with van der Waals surface area (Å²) in [6.45, 7) is 1.25. The Morgan fingerprint density at radius 1 is 1.17 bits per heavy atom. The van der Waals surface area contributed by atoms with Gasteiger partial charge in [0.15, 0.2) is 17.6 Å². The summed E-state index contributed by atoms with van der Waals surface area (Å²) in [6.07, 6.45) is 1.71. The van der Waals surface area contributed by atoms with E-state index in [1.807, 2.05) is 12.1 Å². The van der Waals surface area contributed by atoms with Crippen molar-refractivity contribution < 1.29 is 43.5 Å². The first-order valence-corrected chi connectivity index (χ1v) is 14.4. The van der Waals surface area contributed by atoms with Crippen molar-refractivity contribution in [3.63, 3.8) is 0 Å². The van der Waals surface area contributed by atoms with Crippen LogP contribution in [0, 0.1) is 5.92 Å². The van der Waals surface area contributed by atoms with Gasteiger partial charge in [-0.15, -0.1) is 0 Å². The van der Waals surface area contributed by atoms with Crippen LogP contribution in [0.4, 0.5) is 0 Å². The number of aliphatic hydroxyl groups is 2. The Hall–Kier alpha value is -3.89. The first-order chi connectivity index (χ1) is 20.2. The lowest BCUT2D eigenvalue weighted by atomic mass is 9.47. The minimum absolute atomic E-state index is 0.0463. The summed E-state index contributed by atoms with van der Waals surface area (Å²) in [5.74, 6) is -0.677. The maximum atomic E-state index is 13.7. The maximum absolute atomic E-state index is 13.7. The Morgan fingerprint density at radius 2 is 1.95 bits per heavy atom. The maximum Gasteiger partial charge on any atom is 0.357 e. The van der Waals surface area contributed by atoms with Crippen LogP contribution in [-0.4, -0.2) is 59.5 Å². The van der Waals surface area contributed by atoms with Crippen molar-refractivity contribution in [2.24, 2.45) is 5.92 Å². The van der Waals surface area contributed by atoms with Crippen LogP contribution in [0.25, 0.3) is 0 Å². The minimum atomic E-state index is -1.37. The summed E-state index contributed by atoms with van der Waals surface area (Å²) >= 11 is 0. The van der Waals surface area contributed by atoms with Crippen LogP contribution >= 0.6 is 0 Å². The van der Waals surface area contributed by atoms with E-state index in [1.165, 1.54) is 6.92 Å². The molecule has 10 nitrogen and oxygen atoms in total. The van der Waals surface area contributed by atoms with Gasteiger partial charge in [-0.1, -0.05) is 42.8 Å². The van der Waals surface area contributed by atoms with E-state index in [0.717, 1.165) is 30.4 Å². The van der Waals surface area contributed by atoms with Crippen LogP contribution in [0.2, 0.25) is 0 Å². The van der Waals surface area contributed by atoms with Gasteiger partial charge in [-0.05, 0) is 56.2 Å². The standard InChI is InChI=1S/C32H35NO9/c1-18(34)29(36)33-16-13-24(35)41-26(19-7-4-3-5-8-19)30(37)40-23-12-15-32(38)21-9-6-14-31(32)25-20(17-21)10-11-22(39-2)27(25)42-28(23)31/h3-5,7-8,10-12,18,21,26,28,34,38H,6,9,13-17H2,1-2H3,(H,33,36)/t18-,21-,26-,28+,31+,32-/m0/s1. The van der Waals surface area contributed by atoms with Crippen molar-refractivity contribution in [3.05, 3.63) is 71.0 Å². The summed E-state index contributed by atoms with van der Waals surface area (Å²) < 4.78 is 23.8. The number of methoxy groups -OCH3 is 1. The van der Waals surface area contributed by atoms with E-state index in [1.54, 1.807) is 43.5 Å². The van der Waals surface area contributed by atoms with E-state index < -0.39 is 47.2 Å². The SMILES string of the molecule is COc1ccc2c3c1O[C@@H]1C(OC(=O)[C@@H](OC(=O)CCNC(=O)[C@H](C)O)c4ccccc4)=CC[C@]4(O)[C@@H](CCC[C@@]314)C2. The topological polar surface area (TPSA) is 141 Å². The van der Waals surface area contributed by atoms with Crippen LogP contribution < -0.4 is 14.8 Å². The molecule has 2 bridgehead atoms. The molecular formula is C32H35NO9. The Kier molecular flexibility index (Phi) is 7.22. The zero-order valence-electron chi connectivity index (χ0n) is 23.6. The van der Waals surface area contributed by atoms with Gasteiger partial charge in [-0.25, -0.2) is 4.79 Å². The molecule has 0 radical (unpaired) electrons. The average molecular weight is 578 g/mol. The number of benzene rings is 2. The summed E-state index contributed by atoms with van der Waals surface area (Å²) in [4.78, 5) is 38.1. The number of ether oxygens (including phenoxy) is 4. The molecule has 1 saturated carbocycles. The third kappa shape index (κ3) is 4.35. The van der Waals surface area contributed by atoms with Crippen LogP contribution in [0.3, 0.4) is 0 Å². The largest absolute Gasteiger partial charge is 0.493 e. The molecule has 1 heterocycles. The predicted octanol–water partition coefficient (Wildman–Crippen LogP) is 2.78. The quantitative estimate of drug-likeness (QED) is 0.384. The zero-order valence-corrected chi connectivity index (χ0v) is 23.6. The Morgan fingerprint density at radius 3 is 2.69 bits per heavy atom. The molecule has 0 saturated heterocycles. The van der Waals surface area contributed by atoms with Crippen molar-refractivity contribution >= 4 is 17.8 Å². The van der Waals surface area contributed by atoms with E-state index in [-0.39, 0.29) is 24.6 Å². The molecule has 1 fully saturated rings. The fourth-order valence-electron chi connectivity index (χ4n) is 7.36. The van der Waals surface area contributed by atoms with Crippen molar-refractivity contribution in [3.8, 4) is 11.5 Å². The Bertz CT molecular complexity index is 1440. The van der Waals surface area contributed by atoms with Gasteiger partial charge in [0.25, 0.3) is 0 Å². The van der Waals surface area contributed by atoms with Crippen molar-refractivity contribution in [2.75, 3.05) is 13.7 Å². The average Bonchev–Trinajstić information content (AvgIpc) is 3.32. The highest BCUT2D eigenvalue weighted by Crippen LogP contribution is 2.67. The number of hydrogen-bond acceptors (Lipinski definition) is 9. The molecule has 0 aromatic heterocycles. The number of esters is 2. The molecule has 10 heteroatoms. The molecule has 3 aliphatic carbocycles. The summed E-state index contributed by atoms with van der Waals surface area (Å²) in [6, 6.07) is 12.5. The lowest BCUT2D eigenvalue weighted by Crippen LogP contribution is -2.67. The van der Waals surface area contributed by atoms with E-state index in [4.69, 9.17) is 18.9 Å². The van der Waals surface area contributed by atoms with Crippen molar-refractivity contribution in [1.29, 1.82) is 0 Å².